The van der Waals surface area contributed by atoms with E-state index in [2.05, 4.69) is 58.6 Å². The number of H-pyrrole nitrogens is 1. The minimum Gasteiger partial charge on any atom is -0.324 e. The smallest absolute Gasteiger partial charge is 0.224 e. The highest BCUT2D eigenvalue weighted by Crippen LogP contribution is 2.30. The Hall–Kier alpha value is -1.79. The molecule has 108 valence electrons. The molecule has 21 heavy (non-hydrogen) atoms. The third-order valence-corrected chi connectivity index (χ3v) is 4.89. The van der Waals surface area contributed by atoms with Gasteiger partial charge in [-0.05, 0) is 40.8 Å². The van der Waals surface area contributed by atoms with Crippen molar-refractivity contribution in [2.24, 2.45) is 0 Å². The summed E-state index contributed by atoms with van der Waals surface area (Å²) in [6.45, 7) is 4.36. The minimum absolute atomic E-state index is 0.455. The van der Waals surface area contributed by atoms with Crippen LogP contribution in [0.1, 0.15) is 25.3 Å². The summed E-state index contributed by atoms with van der Waals surface area (Å²) in [5, 5.41) is 13.3. The summed E-state index contributed by atoms with van der Waals surface area (Å²) in [7, 11) is 0. The van der Waals surface area contributed by atoms with E-state index >= 15 is 0 Å². The van der Waals surface area contributed by atoms with Gasteiger partial charge in [0.25, 0.3) is 0 Å². The Morgan fingerprint density at radius 3 is 2.81 bits per heavy atom. The second kappa shape index (κ2) is 6.32. The van der Waals surface area contributed by atoms with Crippen molar-refractivity contribution in [2.75, 3.05) is 5.32 Å². The Labute approximate surface area is 132 Å². The van der Waals surface area contributed by atoms with Crippen LogP contribution in [0.25, 0.3) is 0 Å². The lowest BCUT2D eigenvalue weighted by Gasteiger charge is -2.12. The Kier molecular flexibility index (Phi) is 4.26. The molecular formula is C15H16N4S2. The normalized spacial score (nSPS) is 11.0. The number of hydrogen-bond donors (Lipinski definition) is 2. The molecule has 0 saturated carbocycles. The first-order chi connectivity index (χ1) is 10.2. The maximum Gasteiger partial charge on any atom is 0.224 e. The first-order valence-electron chi connectivity index (χ1n) is 6.72. The third-order valence-electron chi connectivity index (χ3n) is 2.99. The van der Waals surface area contributed by atoms with Crippen molar-refractivity contribution < 1.29 is 0 Å². The number of anilines is 2. The fourth-order valence-electron chi connectivity index (χ4n) is 2.00. The first-order valence-corrected chi connectivity index (χ1v) is 8.41. The van der Waals surface area contributed by atoms with E-state index in [1.54, 1.807) is 23.1 Å². The van der Waals surface area contributed by atoms with Crippen molar-refractivity contribution in [3.63, 3.8) is 0 Å². The van der Waals surface area contributed by atoms with Crippen molar-refractivity contribution in [1.29, 1.82) is 0 Å². The first kappa shape index (κ1) is 14.2. The molecule has 0 fully saturated rings. The van der Waals surface area contributed by atoms with Crippen LogP contribution in [0, 0.1) is 0 Å². The number of nitrogens with one attached hydrogen (secondary N) is 2. The number of nitrogens with zero attached hydrogens (tertiary/aromatic N) is 2. The Bertz CT molecular complexity index is 704. The molecule has 0 aliphatic rings. The van der Waals surface area contributed by atoms with Gasteiger partial charge in [-0.15, -0.1) is 16.4 Å². The molecule has 0 spiro atoms. The molecule has 2 heterocycles. The van der Waals surface area contributed by atoms with Crippen molar-refractivity contribution in [1.82, 2.24) is 15.2 Å². The summed E-state index contributed by atoms with van der Waals surface area (Å²) < 4.78 is 1.18. The van der Waals surface area contributed by atoms with Crippen LogP contribution in [0.3, 0.4) is 0 Å². The second-order valence-corrected chi connectivity index (χ2v) is 7.08. The van der Waals surface area contributed by atoms with Gasteiger partial charge in [0.2, 0.25) is 11.1 Å². The van der Waals surface area contributed by atoms with Crippen LogP contribution in [0.4, 0.5) is 11.6 Å². The molecule has 0 bridgehead atoms. The molecule has 6 heteroatoms. The van der Waals surface area contributed by atoms with Crippen molar-refractivity contribution in [3.05, 3.63) is 47.3 Å². The van der Waals surface area contributed by atoms with Crippen LogP contribution in [-0.4, -0.2) is 15.2 Å². The summed E-state index contributed by atoms with van der Waals surface area (Å²) in [6.07, 6.45) is 0. The molecule has 3 rings (SSSR count). The number of benzene rings is 1. The molecule has 2 aromatic heterocycles. The van der Waals surface area contributed by atoms with E-state index in [0.717, 1.165) is 10.8 Å². The second-order valence-electron chi connectivity index (χ2n) is 4.87. The lowest BCUT2D eigenvalue weighted by molar-refractivity contribution is 0.868. The topological polar surface area (TPSA) is 53.6 Å². The highest BCUT2D eigenvalue weighted by molar-refractivity contribution is 8.01. The van der Waals surface area contributed by atoms with E-state index in [1.807, 2.05) is 17.5 Å². The lowest BCUT2D eigenvalue weighted by Crippen LogP contribution is -1.98. The zero-order valence-electron chi connectivity index (χ0n) is 11.8. The molecular weight excluding hydrogens is 300 g/mol. The summed E-state index contributed by atoms with van der Waals surface area (Å²) in [5.74, 6) is 1.12. The zero-order valence-corrected chi connectivity index (χ0v) is 13.5. The van der Waals surface area contributed by atoms with Gasteiger partial charge < -0.3 is 5.32 Å². The molecule has 0 saturated heterocycles. The number of thiophene rings is 1. The largest absolute Gasteiger partial charge is 0.324 e. The summed E-state index contributed by atoms with van der Waals surface area (Å²) in [5.41, 5.74) is 2.33. The Balaban J connectivity index is 1.75. The quantitative estimate of drug-likeness (QED) is 0.704. The minimum atomic E-state index is 0.455. The van der Waals surface area contributed by atoms with Crippen LogP contribution in [0.5, 0.6) is 0 Å². The van der Waals surface area contributed by atoms with Gasteiger partial charge in [-0.3, -0.25) is 0 Å². The van der Waals surface area contributed by atoms with E-state index < -0.39 is 0 Å². The van der Waals surface area contributed by atoms with Crippen molar-refractivity contribution in [3.8, 4) is 0 Å². The summed E-state index contributed by atoms with van der Waals surface area (Å²) in [6, 6.07) is 12.4. The van der Waals surface area contributed by atoms with Crippen LogP contribution < -0.4 is 5.32 Å². The standard InChI is InChI=1S/C15H16N4S2/c1-10(2)11-6-3-4-7-12(11)16-14-17-15(19-18-14)21-13-8-5-9-20-13/h3-10H,1-2H3,(H2,16,17,18,19). The molecule has 0 unspecified atom stereocenters. The molecule has 0 amide bonds. The monoisotopic (exact) mass is 316 g/mol. The predicted molar refractivity (Wildman–Crippen MR) is 88.6 cm³/mol. The van der Waals surface area contributed by atoms with E-state index in [1.165, 1.54) is 9.77 Å². The molecule has 4 nitrogen and oxygen atoms in total. The number of aromatic nitrogens is 3. The SMILES string of the molecule is CC(C)c1ccccc1Nc1nc(Sc2cccs2)n[nH]1. The van der Waals surface area contributed by atoms with E-state index in [0.29, 0.717) is 11.9 Å². The molecule has 3 aromatic rings. The number of rotatable bonds is 5. The van der Waals surface area contributed by atoms with Gasteiger partial charge in [0.05, 0.1) is 4.21 Å². The summed E-state index contributed by atoms with van der Waals surface area (Å²) >= 11 is 3.25. The van der Waals surface area contributed by atoms with Crippen molar-refractivity contribution >= 4 is 34.7 Å². The molecule has 1 aromatic carbocycles. The third kappa shape index (κ3) is 3.46. The molecule has 0 aliphatic carbocycles. The van der Waals surface area contributed by atoms with Gasteiger partial charge in [0, 0.05) is 5.69 Å². The number of hydrogen-bond acceptors (Lipinski definition) is 5. The summed E-state index contributed by atoms with van der Waals surface area (Å²) in [4.78, 5) is 4.47. The Morgan fingerprint density at radius 1 is 1.19 bits per heavy atom. The average molecular weight is 316 g/mol. The van der Waals surface area contributed by atoms with Gasteiger partial charge in [-0.25, -0.2) is 5.10 Å². The van der Waals surface area contributed by atoms with Crippen LogP contribution in [-0.2, 0) is 0 Å². The average Bonchev–Trinajstić information content (AvgIpc) is 3.12. The van der Waals surface area contributed by atoms with Gasteiger partial charge in [0.1, 0.15) is 0 Å². The lowest BCUT2D eigenvalue weighted by atomic mass is 10.0. The van der Waals surface area contributed by atoms with Crippen LogP contribution >= 0.6 is 23.1 Å². The number of para-hydroxylation sites is 1. The van der Waals surface area contributed by atoms with Gasteiger partial charge in [-0.1, -0.05) is 38.1 Å². The maximum absolute atomic E-state index is 4.47. The fraction of sp³-hybridized carbons (Fsp3) is 0.200. The molecule has 0 atom stereocenters. The van der Waals surface area contributed by atoms with Crippen molar-refractivity contribution in [2.45, 2.75) is 29.1 Å². The molecule has 2 N–H and O–H groups in total. The van der Waals surface area contributed by atoms with Gasteiger partial charge in [-0.2, -0.15) is 4.98 Å². The number of aromatic amines is 1. The zero-order chi connectivity index (χ0) is 14.7. The maximum atomic E-state index is 4.47. The van der Waals surface area contributed by atoms with Gasteiger partial charge in [0.15, 0.2) is 0 Å². The fourth-order valence-corrected chi connectivity index (χ4v) is 3.59. The van der Waals surface area contributed by atoms with Gasteiger partial charge >= 0.3 is 0 Å². The predicted octanol–water partition coefficient (Wildman–Crippen LogP) is 4.88. The molecule has 0 aliphatic heterocycles. The highest BCUT2D eigenvalue weighted by atomic mass is 32.2. The highest BCUT2D eigenvalue weighted by Gasteiger charge is 2.09. The van der Waals surface area contributed by atoms with Crippen LogP contribution in [0.15, 0.2) is 51.1 Å². The van der Waals surface area contributed by atoms with E-state index in [4.69, 9.17) is 0 Å². The van der Waals surface area contributed by atoms with E-state index in [9.17, 15) is 0 Å². The van der Waals surface area contributed by atoms with E-state index in [-0.39, 0.29) is 0 Å². The molecule has 0 radical (unpaired) electrons. The Morgan fingerprint density at radius 2 is 2.05 bits per heavy atom. The van der Waals surface area contributed by atoms with Crippen LogP contribution in [0.2, 0.25) is 0 Å².